The number of nitrogens with two attached hydrogens (primary N) is 1. The molecule has 1 aliphatic rings. The second kappa shape index (κ2) is 8.70. The van der Waals surface area contributed by atoms with Gasteiger partial charge in [-0.1, -0.05) is 36.9 Å². The van der Waals surface area contributed by atoms with Crippen LogP contribution < -0.4 is 5.73 Å². The van der Waals surface area contributed by atoms with Crippen LogP contribution in [-0.4, -0.2) is 30.6 Å². The average Bonchev–Trinajstić information content (AvgIpc) is 2.58. The lowest BCUT2D eigenvalue weighted by atomic mass is 10.00. The quantitative estimate of drug-likeness (QED) is 0.619. The van der Waals surface area contributed by atoms with Crippen molar-refractivity contribution in [2.24, 2.45) is 5.73 Å². The largest absolute Gasteiger partial charge is 0.492 e. The molecule has 0 amide bonds. The highest BCUT2D eigenvalue weighted by Gasteiger charge is 2.18. The molecule has 0 saturated heterocycles. The first-order valence-corrected chi connectivity index (χ1v) is 8.27. The van der Waals surface area contributed by atoms with Crippen LogP contribution in [0.2, 0.25) is 0 Å². The summed E-state index contributed by atoms with van der Waals surface area (Å²) in [7, 11) is 0. The Hall–Kier alpha value is -1.84. The topological polar surface area (TPSA) is 38.5 Å². The standard InChI is InChI=1S/C20H28N2O/c1-4-16(3)12-20(5-2)23-15-19(21)14-22-11-10-17-8-6-7-9-18(17)13-22/h4-9,12,19H,1,10-11,13-15,21H2,2-3H3/b16-12-,20-5+. The molecular weight excluding hydrogens is 284 g/mol. The van der Waals surface area contributed by atoms with E-state index in [0.717, 1.165) is 37.4 Å². The lowest BCUT2D eigenvalue weighted by Crippen LogP contribution is -2.42. The number of benzene rings is 1. The van der Waals surface area contributed by atoms with E-state index in [0.29, 0.717) is 6.61 Å². The van der Waals surface area contributed by atoms with Gasteiger partial charge in [0.25, 0.3) is 0 Å². The number of nitrogens with zero attached hydrogens (tertiary/aromatic N) is 1. The summed E-state index contributed by atoms with van der Waals surface area (Å²) in [5.74, 6) is 0.849. The van der Waals surface area contributed by atoms with Gasteiger partial charge in [0.1, 0.15) is 12.4 Å². The van der Waals surface area contributed by atoms with E-state index < -0.39 is 0 Å². The van der Waals surface area contributed by atoms with Crippen LogP contribution in [0.15, 0.2) is 60.4 Å². The third-order valence-corrected chi connectivity index (χ3v) is 4.14. The van der Waals surface area contributed by atoms with Crippen LogP contribution in [0.4, 0.5) is 0 Å². The number of allylic oxidation sites excluding steroid dienone is 4. The van der Waals surface area contributed by atoms with Crippen molar-refractivity contribution in [3.8, 4) is 0 Å². The summed E-state index contributed by atoms with van der Waals surface area (Å²) >= 11 is 0. The van der Waals surface area contributed by atoms with Crippen molar-refractivity contribution in [3.63, 3.8) is 0 Å². The Kier molecular flexibility index (Phi) is 6.63. The summed E-state index contributed by atoms with van der Waals surface area (Å²) in [5.41, 5.74) is 10.2. The Morgan fingerprint density at radius 1 is 1.39 bits per heavy atom. The van der Waals surface area contributed by atoms with Crippen LogP contribution in [0.5, 0.6) is 0 Å². The zero-order chi connectivity index (χ0) is 16.7. The van der Waals surface area contributed by atoms with E-state index in [2.05, 4.69) is 35.7 Å². The van der Waals surface area contributed by atoms with Gasteiger partial charge in [0.2, 0.25) is 0 Å². The molecule has 1 aliphatic heterocycles. The second-order valence-electron chi connectivity index (χ2n) is 6.11. The fraction of sp³-hybridized carbons (Fsp3) is 0.400. The zero-order valence-electron chi connectivity index (χ0n) is 14.3. The summed E-state index contributed by atoms with van der Waals surface area (Å²) in [5, 5.41) is 0. The van der Waals surface area contributed by atoms with E-state index in [-0.39, 0.29) is 6.04 Å². The molecule has 0 aliphatic carbocycles. The molecule has 23 heavy (non-hydrogen) atoms. The van der Waals surface area contributed by atoms with Crippen LogP contribution in [-0.2, 0) is 17.7 Å². The first-order valence-electron chi connectivity index (χ1n) is 8.27. The van der Waals surface area contributed by atoms with E-state index in [4.69, 9.17) is 10.5 Å². The summed E-state index contributed by atoms with van der Waals surface area (Å²) < 4.78 is 5.82. The Balaban J connectivity index is 1.81. The number of rotatable bonds is 7. The van der Waals surface area contributed by atoms with Gasteiger partial charge >= 0.3 is 0 Å². The number of fused-ring (bicyclic) bond motifs is 1. The van der Waals surface area contributed by atoms with Crippen LogP contribution in [0.1, 0.15) is 25.0 Å². The molecule has 1 aromatic carbocycles. The number of hydrogen-bond donors (Lipinski definition) is 1. The van der Waals surface area contributed by atoms with Gasteiger partial charge in [-0.25, -0.2) is 0 Å². The van der Waals surface area contributed by atoms with E-state index in [1.54, 1.807) is 0 Å². The van der Waals surface area contributed by atoms with Gasteiger partial charge in [-0.15, -0.1) is 0 Å². The van der Waals surface area contributed by atoms with Crippen molar-refractivity contribution < 1.29 is 4.74 Å². The first-order chi connectivity index (χ1) is 11.1. The Labute approximate surface area is 140 Å². The average molecular weight is 312 g/mol. The monoisotopic (exact) mass is 312 g/mol. The summed E-state index contributed by atoms with van der Waals surface area (Å²) in [6.07, 6.45) is 6.86. The van der Waals surface area contributed by atoms with Crippen molar-refractivity contribution in [2.45, 2.75) is 32.9 Å². The molecule has 1 heterocycles. The second-order valence-corrected chi connectivity index (χ2v) is 6.11. The van der Waals surface area contributed by atoms with Gasteiger partial charge in [0.15, 0.2) is 0 Å². The maximum Gasteiger partial charge on any atom is 0.115 e. The Morgan fingerprint density at radius 2 is 2.13 bits per heavy atom. The molecule has 0 aromatic heterocycles. The number of hydrogen-bond acceptors (Lipinski definition) is 3. The molecule has 3 heteroatoms. The molecule has 2 N–H and O–H groups in total. The predicted octanol–water partition coefficient (Wildman–Crippen LogP) is 3.42. The molecule has 3 nitrogen and oxygen atoms in total. The molecule has 0 spiro atoms. The minimum Gasteiger partial charge on any atom is -0.492 e. The van der Waals surface area contributed by atoms with Gasteiger partial charge in [-0.05, 0) is 49.1 Å². The molecule has 1 atom stereocenters. The van der Waals surface area contributed by atoms with Crippen LogP contribution in [0.25, 0.3) is 0 Å². The maximum absolute atomic E-state index is 6.26. The van der Waals surface area contributed by atoms with Gasteiger partial charge in [0.05, 0.1) is 6.04 Å². The zero-order valence-corrected chi connectivity index (χ0v) is 14.3. The SMILES string of the molecule is C=C/C(C)=C\C(=C/C)OCC(N)CN1CCc2ccccc2C1. The molecule has 0 fully saturated rings. The van der Waals surface area contributed by atoms with Crippen molar-refractivity contribution in [1.82, 2.24) is 4.90 Å². The fourth-order valence-corrected chi connectivity index (χ4v) is 2.79. The van der Waals surface area contributed by atoms with E-state index in [1.165, 1.54) is 11.1 Å². The van der Waals surface area contributed by atoms with Crippen molar-refractivity contribution in [3.05, 3.63) is 71.5 Å². The highest BCUT2D eigenvalue weighted by molar-refractivity contribution is 5.29. The Bertz CT molecular complexity index is 589. The molecule has 1 unspecified atom stereocenters. The predicted molar refractivity (Wildman–Crippen MR) is 97.1 cm³/mol. The van der Waals surface area contributed by atoms with E-state index >= 15 is 0 Å². The molecule has 0 bridgehead atoms. The van der Waals surface area contributed by atoms with Crippen LogP contribution >= 0.6 is 0 Å². The van der Waals surface area contributed by atoms with Crippen LogP contribution in [0.3, 0.4) is 0 Å². The summed E-state index contributed by atoms with van der Waals surface area (Å²) in [4.78, 5) is 2.41. The molecule has 1 aromatic rings. The molecule has 124 valence electrons. The number of ether oxygens (including phenoxy) is 1. The lowest BCUT2D eigenvalue weighted by Gasteiger charge is -2.30. The van der Waals surface area contributed by atoms with Crippen molar-refractivity contribution in [1.29, 1.82) is 0 Å². The highest BCUT2D eigenvalue weighted by atomic mass is 16.5. The van der Waals surface area contributed by atoms with Gasteiger partial charge in [-0.2, -0.15) is 0 Å². The van der Waals surface area contributed by atoms with Crippen molar-refractivity contribution >= 4 is 0 Å². The fourth-order valence-electron chi connectivity index (χ4n) is 2.79. The molecule has 0 saturated carbocycles. The smallest absolute Gasteiger partial charge is 0.115 e. The maximum atomic E-state index is 6.26. The minimum atomic E-state index is 0.00708. The van der Waals surface area contributed by atoms with E-state index in [9.17, 15) is 0 Å². The lowest BCUT2D eigenvalue weighted by molar-refractivity contribution is 0.163. The first kappa shape index (κ1) is 17.5. The minimum absolute atomic E-state index is 0.00708. The molecule has 0 radical (unpaired) electrons. The van der Waals surface area contributed by atoms with Gasteiger partial charge < -0.3 is 10.5 Å². The Morgan fingerprint density at radius 3 is 2.83 bits per heavy atom. The van der Waals surface area contributed by atoms with Gasteiger partial charge in [0, 0.05) is 19.6 Å². The van der Waals surface area contributed by atoms with Gasteiger partial charge in [-0.3, -0.25) is 4.90 Å². The summed E-state index contributed by atoms with van der Waals surface area (Å²) in [6, 6.07) is 8.67. The van der Waals surface area contributed by atoms with E-state index in [1.807, 2.05) is 32.1 Å². The molecular formula is C20H28N2O. The summed E-state index contributed by atoms with van der Waals surface area (Å²) in [6.45, 7) is 11.2. The third kappa shape index (κ3) is 5.38. The van der Waals surface area contributed by atoms with Crippen molar-refractivity contribution in [2.75, 3.05) is 19.7 Å². The molecule has 2 rings (SSSR count). The normalized spacial score (nSPS) is 17.5. The van der Waals surface area contributed by atoms with Crippen LogP contribution in [0, 0.1) is 0 Å². The third-order valence-electron chi connectivity index (χ3n) is 4.14. The highest BCUT2D eigenvalue weighted by Crippen LogP contribution is 2.18.